The quantitative estimate of drug-likeness (QED) is 0.876. The smallest absolute Gasteiger partial charge is 0.0834 e. The Kier molecular flexibility index (Phi) is 5.00. The van der Waals surface area contributed by atoms with Crippen LogP contribution in [-0.4, -0.2) is 16.3 Å². The van der Waals surface area contributed by atoms with Gasteiger partial charge in [-0.25, -0.2) is 0 Å². The number of aromatic nitrogens is 2. The maximum atomic E-state index is 6.30. The van der Waals surface area contributed by atoms with E-state index >= 15 is 0 Å². The van der Waals surface area contributed by atoms with Crippen molar-refractivity contribution < 1.29 is 0 Å². The number of likely N-dealkylation sites (N-methyl/N-ethyl adjacent to an activating group) is 1. The number of nitrogens with one attached hydrogen (secondary N) is 1. The first kappa shape index (κ1) is 14.1. The van der Waals surface area contributed by atoms with Crippen LogP contribution in [0.1, 0.15) is 31.1 Å². The normalized spacial score (nSPS) is 12.6. The minimum absolute atomic E-state index is 0.197. The average Bonchev–Trinajstić information content (AvgIpc) is 2.80. The molecule has 1 heterocycles. The second-order valence-corrected chi connectivity index (χ2v) is 4.90. The van der Waals surface area contributed by atoms with Gasteiger partial charge < -0.3 is 5.32 Å². The molecule has 102 valence electrons. The first-order valence-electron chi connectivity index (χ1n) is 6.74. The van der Waals surface area contributed by atoms with Crippen molar-refractivity contribution in [2.75, 3.05) is 6.54 Å². The van der Waals surface area contributed by atoms with E-state index in [4.69, 9.17) is 11.6 Å². The van der Waals surface area contributed by atoms with E-state index in [0.29, 0.717) is 0 Å². The Labute approximate surface area is 119 Å². The minimum atomic E-state index is 0.197. The average molecular weight is 278 g/mol. The van der Waals surface area contributed by atoms with Crippen molar-refractivity contribution in [3.63, 3.8) is 0 Å². The molecule has 19 heavy (non-hydrogen) atoms. The van der Waals surface area contributed by atoms with Gasteiger partial charge in [0, 0.05) is 6.54 Å². The van der Waals surface area contributed by atoms with Crippen molar-refractivity contribution in [1.29, 1.82) is 0 Å². The maximum absolute atomic E-state index is 6.30. The molecule has 1 atom stereocenters. The topological polar surface area (TPSA) is 29.9 Å². The van der Waals surface area contributed by atoms with E-state index < -0.39 is 0 Å². The molecule has 0 aliphatic rings. The van der Waals surface area contributed by atoms with E-state index in [1.165, 1.54) is 5.56 Å². The lowest BCUT2D eigenvalue weighted by Gasteiger charge is -2.20. The molecule has 1 unspecified atom stereocenters. The number of rotatable bonds is 6. The van der Waals surface area contributed by atoms with Crippen LogP contribution in [-0.2, 0) is 13.0 Å². The molecular formula is C15H20ClN3. The third-order valence-corrected chi connectivity index (χ3v) is 3.49. The van der Waals surface area contributed by atoms with E-state index in [2.05, 4.69) is 48.5 Å². The van der Waals surface area contributed by atoms with Crippen LogP contribution in [0.2, 0.25) is 5.02 Å². The zero-order chi connectivity index (χ0) is 13.7. The van der Waals surface area contributed by atoms with Crippen LogP contribution >= 0.6 is 11.6 Å². The van der Waals surface area contributed by atoms with Crippen LogP contribution in [0, 0.1) is 0 Å². The summed E-state index contributed by atoms with van der Waals surface area (Å²) < 4.78 is 1.97. The molecule has 2 rings (SSSR count). The first-order chi connectivity index (χ1) is 9.26. The summed E-state index contributed by atoms with van der Waals surface area (Å²) in [7, 11) is 0. The Morgan fingerprint density at radius 1 is 1.26 bits per heavy atom. The van der Waals surface area contributed by atoms with E-state index in [0.717, 1.165) is 30.2 Å². The molecule has 0 bridgehead atoms. The second-order valence-electron chi connectivity index (χ2n) is 4.49. The highest BCUT2D eigenvalue weighted by atomic mass is 35.5. The SMILES string of the molecule is CCNC(Cc1ccccc1)c1c(Cl)cnn1CC. The summed E-state index contributed by atoms with van der Waals surface area (Å²) in [6, 6.07) is 10.7. The lowest BCUT2D eigenvalue weighted by molar-refractivity contribution is 0.490. The fourth-order valence-corrected chi connectivity index (χ4v) is 2.60. The molecule has 0 aliphatic heterocycles. The number of halogens is 1. The lowest BCUT2D eigenvalue weighted by Crippen LogP contribution is -2.26. The molecule has 0 fully saturated rings. The van der Waals surface area contributed by atoms with Crippen LogP contribution in [0.4, 0.5) is 0 Å². The number of nitrogens with zero attached hydrogens (tertiary/aromatic N) is 2. The molecule has 0 saturated heterocycles. The second kappa shape index (κ2) is 6.73. The van der Waals surface area contributed by atoms with Gasteiger partial charge in [0.25, 0.3) is 0 Å². The summed E-state index contributed by atoms with van der Waals surface area (Å²) in [4.78, 5) is 0. The van der Waals surface area contributed by atoms with Crippen molar-refractivity contribution in [3.8, 4) is 0 Å². The van der Waals surface area contributed by atoms with Crippen LogP contribution < -0.4 is 5.32 Å². The Bertz CT molecular complexity index is 507. The molecule has 0 radical (unpaired) electrons. The van der Waals surface area contributed by atoms with E-state index in [1.807, 2.05) is 10.7 Å². The molecule has 0 saturated carbocycles. The van der Waals surface area contributed by atoms with Gasteiger partial charge in [-0.3, -0.25) is 4.68 Å². The number of aryl methyl sites for hydroxylation is 1. The molecule has 1 aromatic carbocycles. The Morgan fingerprint density at radius 3 is 2.63 bits per heavy atom. The van der Waals surface area contributed by atoms with Gasteiger partial charge in [0.1, 0.15) is 0 Å². The van der Waals surface area contributed by atoms with Crippen molar-refractivity contribution in [2.24, 2.45) is 0 Å². The van der Waals surface area contributed by atoms with Crippen LogP contribution in [0.25, 0.3) is 0 Å². The zero-order valence-corrected chi connectivity index (χ0v) is 12.2. The first-order valence-corrected chi connectivity index (χ1v) is 7.12. The molecule has 4 heteroatoms. The van der Waals surface area contributed by atoms with Gasteiger partial charge in [0.15, 0.2) is 0 Å². The van der Waals surface area contributed by atoms with Gasteiger partial charge in [-0.1, -0.05) is 48.9 Å². The molecule has 0 amide bonds. The van der Waals surface area contributed by atoms with E-state index in [1.54, 1.807) is 6.20 Å². The van der Waals surface area contributed by atoms with E-state index in [-0.39, 0.29) is 6.04 Å². The summed E-state index contributed by atoms with van der Waals surface area (Å²) in [5.74, 6) is 0. The lowest BCUT2D eigenvalue weighted by atomic mass is 10.0. The summed E-state index contributed by atoms with van der Waals surface area (Å²) in [5, 5.41) is 8.57. The Morgan fingerprint density at radius 2 is 2.00 bits per heavy atom. The summed E-state index contributed by atoms with van der Waals surface area (Å²) >= 11 is 6.30. The largest absolute Gasteiger partial charge is 0.309 e. The monoisotopic (exact) mass is 277 g/mol. The van der Waals surface area contributed by atoms with Crippen molar-refractivity contribution in [1.82, 2.24) is 15.1 Å². The molecule has 1 N–H and O–H groups in total. The zero-order valence-electron chi connectivity index (χ0n) is 11.4. The fraction of sp³-hybridized carbons (Fsp3) is 0.400. The fourth-order valence-electron chi connectivity index (χ4n) is 2.33. The minimum Gasteiger partial charge on any atom is -0.309 e. The molecular weight excluding hydrogens is 258 g/mol. The highest BCUT2D eigenvalue weighted by molar-refractivity contribution is 6.31. The van der Waals surface area contributed by atoms with Gasteiger partial charge in [0.05, 0.1) is 23.0 Å². The molecule has 3 nitrogen and oxygen atoms in total. The summed E-state index contributed by atoms with van der Waals surface area (Å²) in [6.07, 6.45) is 2.65. The third kappa shape index (κ3) is 3.37. The summed E-state index contributed by atoms with van der Waals surface area (Å²) in [5.41, 5.74) is 2.38. The highest BCUT2D eigenvalue weighted by Crippen LogP contribution is 2.25. The van der Waals surface area contributed by atoms with Gasteiger partial charge >= 0.3 is 0 Å². The number of hydrogen-bond acceptors (Lipinski definition) is 2. The molecule has 1 aromatic heterocycles. The van der Waals surface area contributed by atoms with Gasteiger partial charge in [-0.2, -0.15) is 5.10 Å². The van der Waals surface area contributed by atoms with Gasteiger partial charge in [-0.15, -0.1) is 0 Å². The number of hydrogen-bond donors (Lipinski definition) is 1. The van der Waals surface area contributed by atoms with E-state index in [9.17, 15) is 0 Å². The van der Waals surface area contributed by atoms with Crippen LogP contribution in [0.3, 0.4) is 0 Å². The van der Waals surface area contributed by atoms with Crippen molar-refractivity contribution in [3.05, 3.63) is 52.8 Å². The van der Waals surface area contributed by atoms with Crippen LogP contribution in [0.5, 0.6) is 0 Å². The van der Waals surface area contributed by atoms with Crippen LogP contribution in [0.15, 0.2) is 36.5 Å². The Balaban J connectivity index is 2.27. The predicted octanol–water partition coefficient (Wildman–Crippen LogP) is 3.45. The van der Waals surface area contributed by atoms with Gasteiger partial charge in [0.2, 0.25) is 0 Å². The van der Waals surface area contributed by atoms with Gasteiger partial charge in [-0.05, 0) is 25.5 Å². The highest BCUT2D eigenvalue weighted by Gasteiger charge is 2.19. The molecule has 0 aliphatic carbocycles. The standard InChI is InChI=1S/C15H20ClN3/c1-3-17-14(10-12-8-6-5-7-9-12)15-13(16)11-18-19(15)4-2/h5-9,11,14,17H,3-4,10H2,1-2H3. The summed E-state index contributed by atoms with van der Waals surface area (Å²) in [6.45, 7) is 5.93. The molecule has 2 aromatic rings. The number of benzene rings is 1. The molecule has 0 spiro atoms. The Hall–Kier alpha value is -1.32. The van der Waals surface area contributed by atoms with Crippen molar-refractivity contribution in [2.45, 2.75) is 32.9 Å². The van der Waals surface area contributed by atoms with Crippen molar-refractivity contribution >= 4 is 11.6 Å². The third-order valence-electron chi connectivity index (χ3n) is 3.20. The maximum Gasteiger partial charge on any atom is 0.0834 e. The predicted molar refractivity (Wildman–Crippen MR) is 79.5 cm³/mol.